The predicted molar refractivity (Wildman–Crippen MR) is 246 cm³/mol. The first-order valence-corrected chi connectivity index (χ1v) is 19.9. The monoisotopic (exact) mass is 757 g/mol. The average molecular weight is 758 g/mol. The van der Waals surface area contributed by atoms with E-state index in [1.807, 2.05) is 31.2 Å². The molecular formula is C54H39N5. The minimum atomic E-state index is 0.571. The molecule has 11 rings (SSSR count). The first-order valence-electron chi connectivity index (χ1n) is 19.9. The smallest absolute Gasteiger partial charge is 0.238 e. The Morgan fingerprint density at radius 2 is 0.881 bits per heavy atom. The number of benzene rings is 8. The lowest BCUT2D eigenvalue weighted by Gasteiger charge is -2.12. The molecule has 0 amide bonds. The van der Waals surface area contributed by atoms with Crippen molar-refractivity contribution in [1.29, 1.82) is 0 Å². The highest BCUT2D eigenvalue weighted by Crippen LogP contribution is 2.42. The molecule has 11 aromatic rings. The molecule has 0 N–H and O–H groups in total. The van der Waals surface area contributed by atoms with Gasteiger partial charge in [0.15, 0.2) is 11.6 Å². The minimum absolute atomic E-state index is 0.571. The SMILES string of the molecule is C=CC.c1ccc(-c2ccc(-c3cccc(-c4nc(-c5ccccc5)nc(-n5c6ccccc6c6ccc7c(c8ccccc8n7-c7ccccc7)c65)n4)c3)cc2)cc1. The van der Waals surface area contributed by atoms with Crippen molar-refractivity contribution in [2.45, 2.75) is 6.92 Å². The van der Waals surface area contributed by atoms with E-state index in [-0.39, 0.29) is 0 Å². The highest BCUT2D eigenvalue weighted by molar-refractivity contribution is 6.26. The average Bonchev–Trinajstić information content (AvgIpc) is 3.83. The van der Waals surface area contributed by atoms with Crippen LogP contribution in [0.4, 0.5) is 0 Å². The summed E-state index contributed by atoms with van der Waals surface area (Å²) in [6.45, 7) is 5.25. The van der Waals surface area contributed by atoms with Crippen LogP contribution in [-0.2, 0) is 0 Å². The number of fused-ring (bicyclic) bond motifs is 7. The molecule has 5 heteroatoms. The number of aromatic nitrogens is 5. The molecule has 0 fully saturated rings. The standard InChI is InChI=1S/C51H33N5.C3H6/c1-4-15-34(16-5-1)35-27-29-36(30-28-35)38-19-14-20-39(33-38)50-52-49(37-17-6-2-7-18-37)53-51(54-50)56-44-25-12-10-23-41(44)42-31-32-46-47(48(42)56)43-24-11-13-26-45(43)55(46)40-21-8-3-9-22-40;1-3-2/h1-33H;3H,1H2,2H3. The summed E-state index contributed by atoms with van der Waals surface area (Å²) >= 11 is 0. The zero-order chi connectivity index (χ0) is 39.7. The van der Waals surface area contributed by atoms with Crippen LogP contribution < -0.4 is 0 Å². The molecule has 0 unspecified atom stereocenters. The van der Waals surface area contributed by atoms with E-state index in [0.29, 0.717) is 17.6 Å². The van der Waals surface area contributed by atoms with Crippen LogP contribution in [0.2, 0.25) is 0 Å². The Morgan fingerprint density at radius 1 is 0.390 bits per heavy atom. The fraction of sp³-hybridized carbons (Fsp3) is 0.0185. The van der Waals surface area contributed by atoms with Gasteiger partial charge in [0.2, 0.25) is 5.95 Å². The molecule has 0 atom stereocenters. The lowest BCUT2D eigenvalue weighted by Crippen LogP contribution is -2.06. The minimum Gasteiger partial charge on any atom is -0.309 e. The number of allylic oxidation sites excluding steroid dienone is 1. The van der Waals surface area contributed by atoms with E-state index >= 15 is 0 Å². The third-order valence-corrected chi connectivity index (χ3v) is 10.8. The molecule has 0 saturated heterocycles. The summed E-state index contributed by atoms with van der Waals surface area (Å²) in [6.07, 6.45) is 1.75. The van der Waals surface area contributed by atoms with Crippen molar-refractivity contribution in [3.8, 4) is 56.7 Å². The Bertz CT molecular complexity index is 3270. The lowest BCUT2D eigenvalue weighted by atomic mass is 9.99. The van der Waals surface area contributed by atoms with Crippen LogP contribution in [0, 0.1) is 0 Å². The molecule has 0 spiro atoms. The van der Waals surface area contributed by atoms with Crippen LogP contribution in [0.15, 0.2) is 213 Å². The maximum absolute atomic E-state index is 5.35. The highest BCUT2D eigenvalue weighted by atomic mass is 15.2. The summed E-state index contributed by atoms with van der Waals surface area (Å²) in [5.41, 5.74) is 11.9. The summed E-state index contributed by atoms with van der Waals surface area (Å²) in [7, 11) is 0. The third kappa shape index (κ3) is 6.35. The maximum Gasteiger partial charge on any atom is 0.238 e. The van der Waals surface area contributed by atoms with Gasteiger partial charge in [-0.2, -0.15) is 9.97 Å². The van der Waals surface area contributed by atoms with Crippen molar-refractivity contribution in [2.24, 2.45) is 0 Å². The number of rotatable bonds is 6. The summed E-state index contributed by atoms with van der Waals surface area (Å²) in [6, 6.07) is 70.3. The number of hydrogen-bond donors (Lipinski definition) is 0. The normalized spacial score (nSPS) is 11.2. The Kier molecular flexibility index (Phi) is 9.16. The molecule has 0 aliphatic heterocycles. The van der Waals surface area contributed by atoms with Crippen molar-refractivity contribution in [2.75, 3.05) is 0 Å². The molecule has 59 heavy (non-hydrogen) atoms. The van der Waals surface area contributed by atoms with Crippen molar-refractivity contribution < 1.29 is 0 Å². The molecule has 8 aromatic carbocycles. The quantitative estimate of drug-likeness (QED) is 0.159. The van der Waals surface area contributed by atoms with Crippen LogP contribution in [0.25, 0.3) is 100 Å². The second-order valence-corrected chi connectivity index (χ2v) is 14.5. The number of nitrogens with zero attached hydrogens (tertiary/aromatic N) is 5. The first-order chi connectivity index (χ1) is 29.2. The summed E-state index contributed by atoms with van der Waals surface area (Å²) in [4.78, 5) is 15.8. The van der Waals surface area contributed by atoms with E-state index in [1.54, 1.807) is 6.08 Å². The van der Waals surface area contributed by atoms with Crippen LogP contribution in [0.5, 0.6) is 0 Å². The fourth-order valence-electron chi connectivity index (χ4n) is 8.21. The molecule has 0 radical (unpaired) electrons. The van der Waals surface area contributed by atoms with Crippen LogP contribution in [0.1, 0.15) is 6.92 Å². The van der Waals surface area contributed by atoms with E-state index in [2.05, 4.69) is 192 Å². The molecule has 280 valence electrons. The van der Waals surface area contributed by atoms with Gasteiger partial charge in [0, 0.05) is 38.4 Å². The topological polar surface area (TPSA) is 48.5 Å². The van der Waals surface area contributed by atoms with Gasteiger partial charge in [0.25, 0.3) is 0 Å². The zero-order valence-electron chi connectivity index (χ0n) is 32.6. The highest BCUT2D eigenvalue weighted by Gasteiger charge is 2.23. The second kappa shape index (κ2) is 15.2. The van der Waals surface area contributed by atoms with Crippen LogP contribution in [0.3, 0.4) is 0 Å². The van der Waals surface area contributed by atoms with Crippen molar-refractivity contribution in [3.63, 3.8) is 0 Å². The van der Waals surface area contributed by atoms with Gasteiger partial charge >= 0.3 is 0 Å². The fourth-order valence-corrected chi connectivity index (χ4v) is 8.21. The van der Waals surface area contributed by atoms with Crippen LogP contribution in [-0.4, -0.2) is 24.1 Å². The molecule has 5 nitrogen and oxygen atoms in total. The summed E-state index contributed by atoms with van der Waals surface area (Å²) in [5.74, 6) is 1.80. The van der Waals surface area contributed by atoms with E-state index in [0.717, 1.165) is 66.2 Å². The van der Waals surface area contributed by atoms with Crippen molar-refractivity contribution in [3.05, 3.63) is 213 Å². The number of hydrogen-bond acceptors (Lipinski definition) is 3. The molecule has 0 bridgehead atoms. The van der Waals surface area contributed by atoms with E-state index in [9.17, 15) is 0 Å². The molecular weight excluding hydrogens is 719 g/mol. The van der Waals surface area contributed by atoms with Gasteiger partial charge in [-0.05, 0) is 65.6 Å². The Hall–Kier alpha value is -7.89. The summed E-state index contributed by atoms with van der Waals surface area (Å²) in [5, 5.41) is 4.62. The Morgan fingerprint density at radius 3 is 1.56 bits per heavy atom. The van der Waals surface area contributed by atoms with E-state index in [1.165, 1.54) is 16.5 Å². The van der Waals surface area contributed by atoms with Gasteiger partial charge in [-0.3, -0.25) is 4.57 Å². The first kappa shape index (κ1) is 35.5. The lowest BCUT2D eigenvalue weighted by molar-refractivity contribution is 0.955. The molecule has 0 aliphatic carbocycles. The molecule has 0 aliphatic rings. The largest absolute Gasteiger partial charge is 0.309 e. The Labute approximate surface area is 342 Å². The van der Waals surface area contributed by atoms with Gasteiger partial charge < -0.3 is 4.57 Å². The molecule has 3 heterocycles. The Balaban J connectivity index is 0.00000136. The van der Waals surface area contributed by atoms with Gasteiger partial charge in [0.1, 0.15) is 0 Å². The predicted octanol–water partition coefficient (Wildman–Crippen LogP) is 13.9. The second-order valence-electron chi connectivity index (χ2n) is 14.5. The van der Waals surface area contributed by atoms with Crippen molar-refractivity contribution >= 4 is 43.6 Å². The summed E-state index contributed by atoms with van der Waals surface area (Å²) < 4.78 is 4.61. The van der Waals surface area contributed by atoms with Gasteiger partial charge in [-0.15, -0.1) is 6.58 Å². The zero-order valence-corrected chi connectivity index (χ0v) is 32.6. The van der Waals surface area contributed by atoms with Crippen molar-refractivity contribution in [1.82, 2.24) is 24.1 Å². The molecule has 0 saturated carbocycles. The van der Waals surface area contributed by atoms with Gasteiger partial charge in [-0.1, -0.05) is 170 Å². The number of para-hydroxylation sites is 3. The van der Waals surface area contributed by atoms with E-state index in [4.69, 9.17) is 15.0 Å². The maximum atomic E-state index is 5.35. The van der Waals surface area contributed by atoms with Gasteiger partial charge in [-0.25, -0.2) is 4.98 Å². The third-order valence-electron chi connectivity index (χ3n) is 10.8. The van der Waals surface area contributed by atoms with E-state index < -0.39 is 0 Å². The van der Waals surface area contributed by atoms with Crippen LogP contribution >= 0.6 is 0 Å². The molecule has 3 aromatic heterocycles. The van der Waals surface area contributed by atoms with Gasteiger partial charge in [0.05, 0.1) is 22.1 Å².